The van der Waals surface area contributed by atoms with E-state index in [4.69, 9.17) is 0 Å². The molecule has 102 valence electrons. The number of H-pyrrole nitrogens is 1. The molecule has 0 amide bonds. The molecular formula is C15H18F2N2. The van der Waals surface area contributed by atoms with Gasteiger partial charge in [-0.2, -0.15) is 0 Å². The molecule has 1 heterocycles. The Hall–Kier alpha value is -1.45. The van der Waals surface area contributed by atoms with E-state index >= 15 is 0 Å². The molecule has 1 fully saturated rings. The Bertz CT molecular complexity index is 606. The highest BCUT2D eigenvalue weighted by Crippen LogP contribution is 2.40. The summed E-state index contributed by atoms with van der Waals surface area (Å²) in [5.74, 6) is -1.46. The Labute approximate surface area is 111 Å². The van der Waals surface area contributed by atoms with Gasteiger partial charge in [0.25, 0.3) is 0 Å². The van der Waals surface area contributed by atoms with Crippen molar-refractivity contribution in [1.29, 1.82) is 0 Å². The van der Waals surface area contributed by atoms with Crippen LogP contribution in [-0.2, 0) is 0 Å². The number of fused-ring (bicyclic) bond motifs is 1. The van der Waals surface area contributed by atoms with E-state index < -0.39 is 5.92 Å². The predicted octanol–water partition coefficient (Wildman–Crippen LogP) is 4.47. The molecule has 2 nitrogen and oxygen atoms in total. The normalized spacial score (nSPS) is 20.0. The third-order valence-corrected chi connectivity index (χ3v) is 4.04. The first-order chi connectivity index (χ1) is 8.94. The zero-order valence-electron chi connectivity index (χ0n) is 11.3. The van der Waals surface area contributed by atoms with Gasteiger partial charge in [-0.25, -0.2) is 13.8 Å². The van der Waals surface area contributed by atoms with Crippen molar-refractivity contribution in [3.8, 4) is 0 Å². The largest absolute Gasteiger partial charge is 0.342 e. The Kier molecular flexibility index (Phi) is 2.84. The number of benzene rings is 1. The summed E-state index contributed by atoms with van der Waals surface area (Å²) in [5.41, 5.74) is 4.32. The maximum Gasteiger partial charge on any atom is 0.248 e. The molecule has 3 rings (SSSR count). The number of imidazole rings is 1. The minimum absolute atomic E-state index is 0.0211. The fourth-order valence-corrected chi connectivity index (χ4v) is 3.00. The summed E-state index contributed by atoms with van der Waals surface area (Å²) < 4.78 is 26.4. The standard InChI is InChI=1S/C15H18F2N2/c1-9-7-10(2)13-12(8-9)18-14(19-13)11-3-5-15(16,17)6-4-11/h7-8,11H,3-6H2,1-2H3,(H,18,19). The van der Waals surface area contributed by atoms with Gasteiger partial charge in [0.2, 0.25) is 5.92 Å². The Balaban J connectivity index is 1.92. The van der Waals surface area contributed by atoms with Crippen molar-refractivity contribution in [3.05, 3.63) is 29.1 Å². The number of nitrogens with zero attached hydrogens (tertiary/aromatic N) is 1. The van der Waals surface area contributed by atoms with Crippen molar-refractivity contribution in [3.63, 3.8) is 0 Å². The van der Waals surface area contributed by atoms with E-state index in [1.165, 1.54) is 5.56 Å². The SMILES string of the molecule is Cc1cc(C)c2nc(C3CCC(F)(F)CC3)[nH]c2c1. The number of rotatable bonds is 1. The van der Waals surface area contributed by atoms with Crippen molar-refractivity contribution >= 4 is 11.0 Å². The van der Waals surface area contributed by atoms with Gasteiger partial charge in [-0.05, 0) is 43.9 Å². The molecule has 1 aliphatic rings. The highest BCUT2D eigenvalue weighted by atomic mass is 19.3. The van der Waals surface area contributed by atoms with Crippen LogP contribution in [0.25, 0.3) is 11.0 Å². The van der Waals surface area contributed by atoms with Crippen molar-refractivity contribution in [2.45, 2.75) is 51.4 Å². The molecule has 0 atom stereocenters. The molecule has 2 aromatic rings. The number of nitrogens with one attached hydrogen (secondary N) is 1. The molecule has 0 bridgehead atoms. The summed E-state index contributed by atoms with van der Waals surface area (Å²) >= 11 is 0. The van der Waals surface area contributed by atoms with E-state index in [1.54, 1.807) is 0 Å². The summed E-state index contributed by atoms with van der Waals surface area (Å²) in [6.45, 7) is 4.09. The van der Waals surface area contributed by atoms with Crippen LogP contribution >= 0.6 is 0 Å². The van der Waals surface area contributed by atoms with Crippen LogP contribution in [0.3, 0.4) is 0 Å². The third-order valence-electron chi connectivity index (χ3n) is 4.04. The molecule has 1 aromatic carbocycles. The Morgan fingerprint density at radius 2 is 1.89 bits per heavy atom. The van der Waals surface area contributed by atoms with Gasteiger partial charge in [0, 0.05) is 18.8 Å². The lowest BCUT2D eigenvalue weighted by Gasteiger charge is -2.26. The molecule has 0 unspecified atom stereocenters. The molecule has 0 saturated heterocycles. The molecule has 19 heavy (non-hydrogen) atoms. The lowest BCUT2D eigenvalue weighted by atomic mass is 9.86. The molecule has 0 spiro atoms. The van der Waals surface area contributed by atoms with Crippen LogP contribution in [0.4, 0.5) is 8.78 Å². The third kappa shape index (κ3) is 2.36. The minimum atomic E-state index is -2.48. The van der Waals surface area contributed by atoms with Crippen molar-refractivity contribution < 1.29 is 8.78 Å². The van der Waals surface area contributed by atoms with Crippen molar-refractivity contribution in [2.24, 2.45) is 0 Å². The zero-order valence-corrected chi connectivity index (χ0v) is 11.3. The predicted molar refractivity (Wildman–Crippen MR) is 71.7 cm³/mol. The van der Waals surface area contributed by atoms with Crippen LogP contribution in [0, 0.1) is 13.8 Å². The van der Waals surface area contributed by atoms with Crippen LogP contribution < -0.4 is 0 Å². The number of aromatic amines is 1. The summed E-state index contributed by atoms with van der Waals surface area (Å²) in [7, 11) is 0. The second-order valence-corrected chi connectivity index (χ2v) is 5.73. The molecule has 1 N–H and O–H groups in total. The first-order valence-electron chi connectivity index (χ1n) is 6.79. The highest BCUT2D eigenvalue weighted by Gasteiger charge is 2.36. The van der Waals surface area contributed by atoms with E-state index in [0.29, 0.717) is 12.8 Å². The lowest BCUT2D eigenvalue weighted by molar-refractivity contribution is -0.0387. The van der Waals surface area contributed by atoms with E-state index in [9.17, 15) is 8.78 Å². The maximum atomic E-state index is 13.2. The van der Waals surface area contributed by atoms with E-state index in [2.05, 4.69) is 22.1 Å². The maximum absolute atomic E-state index is 13.2. The van der Waals surface area contributed by atoms with Gasteiger partial charge < -0.3 is 4.98 Å². The van der Waals surface area contributed by atoms with Crippen LogP contribution in [-0.4, -0.2) is 15.9 Å². The van der Waals surface area contributed by atoms with Gasteiger partial charge in [-0.3, -0.25) is 0 Å². The Morgan fingerprint density at radius 1 is 1.21 bits per heavy atom. The summed E-state index contributed by atoms with van der Waals surface area (Å²) in [5, 5.41) is 0. The lowest BCUT2D eigenvalue weighted by Crippen LogP contribution is -2.24. The average Bonchev–Trinajstić information content (AvgIpc) is 2.72. The van der Waals surface area contributed by atoms with E-state index in [-0.39, 0.29) is 18.8 Å². The summed E-state index contributed by atoms with van der Waals surface area (Å²) in [4.78, 5) is 7.94. The minimum Gasteiger partial charge on any atom is -0.342 e. The van der Waals surface area contributed by atoms with Crippen LogP contribution in [0.15, 0.2) is 12.1 Å². The first-order valence-corrected chi connectivity index (χ1v) is 6.79. The first kappa shape index (κ1) is 12.6. The number of aromatic nitrogens is 2. The van der Waals surface area contributed by atoms with Gasteiger partial charge in [0.1, 0.15) is 5.82 Å². The summed E-state index contributed by atoms with van der Waals surface area (Å²) in [6.07, 6.45) is 0.995. The monoisotopic (exact) mass is 264 g/mol. The molecule has 0 radical (unpaired) electrons. The van der Waals surface area contributed by atoms with Gasteiger partial charge in [-0.1, -0.05) is 6.07 Å². The second kappa shape index (κ2) is 4.29. The number of alkyl halides is 2. The number of aryl methyl sites for hydroxylation is 2. The second-order valence-electron chi connectivity index (χ2n) is 5.73. The molecular weight excluding hydrogens is 246 g/mol. The quantitative estimate of drug-likeness (QED) is 0.808. The number of hydrogen-bond acceptors (Lipinski definition) is 1. The van der Waals surface area contributed by atoms with Crippen molar-refractivity contribution in [2.75, 3.05) is 0 Å². The van der Waals surface area contributed by atoms with Crippen molar-refractivity contribution in [1.82, 2.24) is 9.97 Å². The molecule has 1 aliphatic carbocycles. The zero-order chi connectivity index (χ0) is 13.6. The van der Waals surface area contributed by atoms with Crippen LogP contribution in [0.2, 0.25) is 0 Å². The number of hydrogen-bond donors (Lipinski definition) is 1. The fourth-order valence-electron chi connectivity index (χ4n) is 3.00. The highest BCUT2D eigenvalue weighted by molar-refractivity contribution is 5.79. The summed E-state index contributed by atoms with van der Waals surface area (Å²) in [6, 6.07) is 4.16. The van der Waals surface area contributed by atoms with Gasteiger partial charge in [0.15, 0.2) is 0 Å². The smallest absolute Gasteiger partial charge is 0.248 e. The van der Waals surface area contributed by atoms with Crippen LogP contribution in [0.1, 0.15) is 48.6 Å². The topological polar surface area (TPSA) is 28.7 Å². The fraction of sp³-hybridized carbons (Fsp3) is 0.533. The molecule has 1 aromatic heterocycles. The number of halogens is 2. The van der Waals surface area contributed by atoms with Crippen LogP contribution in [0.5, 0.6) is 0 Å². The Morgan fingerprint density at radius 3 is 2.58 bits per heavy atom. The van der Waals surface area contributed by atoms with Gasteiger partial charge in [-0.15, -0.1) is 0 Å². The van der Waals surface area contributed by atoms with Gasteiger partial charge >= 0.3 is 0 Å². The molecule has 1 saturated carbocycles. The van der Waals surface area contributed by atoms with E-state index in [1.807, 2.05) is 13.8 Å². The average molecular weight is 264 g/mol. The molecule has 4 heteroatoms. The molecule has 0 aliphatic heterocycles. The van der Waals surface area contributed by atoms with Gasteiger partial charge in [0.05, 0.1) is 11.0 Å². The van der Waals surface area contributed by atoms with E-state index in [0.717, 1.165) is 22.4 Å².